The second-order valence-electron chi connectivity index (χ2n) is 3.55. The van der Waals surface area contributed by atoms with Crippen LogP contribution < -0.4 is 5.73 Å². The first-order valence-corrected chi connectivity index (χ1v) is 5.02. The number of hydrogen-bond donors (Lipinski definition) is 1. The van der Waals surface area contributed by atoms with Crippen LogP contribution in [0.25, 0.3) is 11.5 Å². The Morgan fingerprint density at radius 2 is 2.29 bits per heavy atom. The molecule has 0 radical (unpaired) electrons. The fraction of sp³-hybridized carbons (Fsp3) is 0.182. The van der Waals surface area contributed by atoms with E-state index in [1.807, 2.05) is 0 Å². The average molecular weight is 233 g/mol. The van der Waals surface area contributed by atoms with Crippen LogP contribution >= 0.6 is 0 Å². The third-order valence-corrected chi connectivity index (χ3v) is 2.49. The van der Waals surface area contributed by atoms with E-state index in [0.29, 0.717) is 22.7 Å². The molecule has 1 aromatic heterocycles. The number of oxazole rings is 1. The summed E-state index contributed by atoms with van der Waals surface area (Å²) in [5, 5.41) is 10.8. The fourth-order valence-electron chi connectivity index (χ4n) is 1.58. The lowest BCUT2D eigenvalue weighted by molar-refractivity contribution is -0.385. The Morgan fingerprint density at radius 3 is 2.88 bits per heavy atom. The first-order valence-electron chi connectivity index (χ1n) is 5.02. The molecule has 0 unspecified atom stereocenters. The van der Waals surface area contributed by atoms with Gasteiger partial charge in [0, 0.05) is 23.7 Å². The minimum absolute atomic E-state index is 0.0509. The maximum absolute atomic E-state index is 10.8. The molecule has 2 aromatic rings. The van der Waals surface area contributed by atoms with Crippen molar-refractivity contribution < 1.29 is 9.34 Å². The highest BCUT2D eigenvalue weighted by molar-refractivity contribution is 5.64. The predicted molar refractivity (Wildman–Crippen MR) is 61.2 cm³/mol. The van der Waals surface area contributed by atoms with Gasteiger partial charge >= 0.3 is 0 Å². The molecule has 88 valence electrons. The van der Waals surface area contributed by atoms with Gasteiger partial charge < -0.3 is 10.2 Å². The average Bonchev–Trinajstić information content (AvgIpc) is 2.77. The molecule has 1 heterocycles. The molecule has 6 heteroatoms. The second-order valence-corrected chi connectivity index (χ2v) is 3.55. The predicted octanol–water partition coefficient (Wildman–Crippen LogP) is 2.02. The Balaban J connectivity index is 2.52. The molecule has 0 spiro atoms. The van der Waals surface area contributed by atoms with Gasteiger partial charge in [0.1, 0.15) is 6.26 Å². The van der Waals surface area contributed by atoms with Crippen LogP contribution in [0.5, 0.6) is 0 Å². The molecule has 0 aliphatic carbocycles. The lowest BCUT2D eigenvalue weighted by atomic mass is 10.1. The van der Waals surface area contributed by atoms with Crippen molar-refractivity contribution in [3.05, 3.63) is 45.8 Å². The molecule has 0 saturated heterocycles. The molecule has 1 aromatic carbocycles. The summed E-state index contributed by atoms with van der Waals surface area (Å²) in [5.74, 6) is 0.353. The maximum atomic E-state index is 10.8. The Bertz CT molecular complexity index is 563. The SMILES string of the molecule is Cc1c(-c2nc(CN)co2)cccc1[N+](=O)[O-]. The number of aromatic nitrogens is 1. The number of nitro groups is 1. The van der Waals surface area contributed by atoms with Crippen LogP contribution in [-0.2, 0) is 6.54 Å². The van der Waals surface area contributed by atoms with Gasteiger partial charge in [0.05, 0.1) is 10.6 Å². The van der Waals surface area contributed by atoms with Crippen LogP contribution in [-0.4, -0.2) is 9.91 Å². The number of nitrogens with zero attached hydrogens (tertiary/aromatic N) is 2. The molecule has 2 rings (SSSR count). The largest absolute Gasteiger partial charge is 0.444 e. The van der Waals surface area contributed by atoms with Crippen molar-refractivity contribution in [2.45, 2.75) is 13.5 Å². The van der Waals surface area contributed by atoms with E-state index < -0.39 is 4.92 Å². The summed E-state index contributed by atoms with van der Waals surface area (Å²) in [6.45, 7) is 1.94. The zero-order chi connectivity index (χ0) is 12.4. The lowest BCUT2D eigenvalue weighted by Gasteiger charge is -2.01. The molecule has 0 fully saturated rings. The Morgan fingerprint density at radius 1 is 1.53 bits per heavy atom. The molecule has 0 bridgehead atoms. The minimum atomic E-state index is -0.425. The number of nitrogens with two attached hydrogens (primary N) is 1. The Kier molecular flexibility index (Phi) is 2.88. The monoisotopic (exact) mass is 233 g/mol. The van der Waals surface area contributed by atoms with Gasteiger partial charge in [-0.1, -0.05) is 6.07 Å². The van der Waals surface area contributed by atoms with Gasteiger partial charge in [-0.05, 0) is 13.0 Å². The molecule has 17 heavy (non-hydrogen) atoms. The van der Waals surface area contributed by atoms with Crippen LogP contribution in [0.1, 0.15) is 11.3 Å². The van der Waals surface area contributed by atoms with E-state index in [2.05, 4.69) is 4.98 Å². The molecule has 2 N–H and O–H groups in total. The second kappa shape index (κ2) is 4.34. The highest BCUT2D eigenvalue weighted by atomic mass is 16.6. The number of nitro benzene ring substituents is 1. The van der Waals surface area contributed by atoms with Crippen LogP contribution in [0.3, 0.4) is 0 Å². The van der Waals surface area contributed by atoms with E-state index in [1.54, 1.807) is 19.1 Å². The summed E-state index contributed by atoms with van der Waals surface area (Å²) >= 11 is 0. The smallest absolute Gasteiger partial charge is 0.273 e. The van der Waals surface area contributed by atoms with Crippen molar-refractivity contribution in [2.75, 3.05) is 0 Å². The fourth-order valence-corrected chi connectivity index (χ4v) is 1.58. The topological polar surface area (TPSA) is 95.2 Å². The standard InChI is InChI=1S/C11H11N3O3/c1-7-9(3-2-4-10(7)14(15)16)11-13-8(5-12)6-17-11/h2-4,6H,5,12H2,1H3. The summed E-state index contributed by atoms with van der Waals surface area (Å²) in [5.41, 5.74) is 7.23. The molecule has 6 nitrogen and oxygen atoms in total. The summed E-state index contributed by atoms with van der Waals surface area (Å²) in [7, 11) is 0. The lowest BCUT2D eigenvalue weighted by Crippen LogP contribution is -1.96. The van der Waals surface area contributed by atoms with Crippen LogP contribution in [0, 0.1) is 17.0 Å². The van der Waals surface area contributed by atoms with Crippen molar-refractivity contribution in [3.8, 4) is 11.5 Å². The van der Waals surface area contributed by atoms with E-state index in [9.17, 15) is 10.1 Å². The zero-order valence-corrected chi connectivity index (χ0v) is 9.21. The van der Waals surface area contributed by atoms with Gasteiger partial charge in [0.15, 0.2) is 0 Å². The van der Waals surface area contributed by atoms with E-state index in [-0.39, 0.29) is 12.2 Å². The summed E-state index contributed by atoms with van der Waals surface area (Å²) in [6, 6.07) is 4.78. The van der Waals surface area contributed by atoms with Crippen LogP contribution in [0.4, 0.5) is 5.69 Å². The highest BCUT2D eigenvalue weighted by Gasteiger charge is 2.17. The van der Waals surface area contributed by atoms with Crippen molar-refractivity contribution in [3.63, 3.8) is 0 Å². The molecular formula is C11H11N3O3. The van der Waals surface area contributed by atoms with Gasteiger partial charge in [-0.25, -0.2) is 4.98 Å². The van der Waals surface area contributed by atoms with Crippen molar-refractivity contribution >= 4 is 5.69 Å². The molecule has 0 saturated carbocycles. The first kappa shape index (κ1) is 11.3. The number of benzene rings is 1. The molecule has 0 atom stereocenters. The van der Waals surface area contributed by atoms with Gasteiger partial charge in [-0.2, -0.15) is 0 Å². The van der Waals surface area contributed by atoms with Gasteiger partial charge in [0.25, 0.3) is 5.69 Å². The third-order valence-electron chi connectivity index (χ3n) is 2.49. The maximum Gasteiger partial charge on any atom is 0.273 e. The van der Waals surface area contributed by atoms with Gasteiger partial charge in [0.2, 0.25) is 5.89 Å². The third kappa shape index (κ3) is 2.02. The minimum Gasteiger partial charge on any atom is -0.444 e. The number of hydrogen-bond acceptors (Lipinski definition) is 5. The van der Waals surface area contributed by atoms with E-state index >= 15 is 0 Å². The molecule has 0 amide bonds. The quantitative estimate of drug-likeness (QED) is 0.646. The van der Waals surface area contributed by atoms with Crippen LogP contribution in [0.2, 0.25) is 0 Å². The zero-order valence-electron chi connectivity index (χ0n) is 9.21. The van der Waals surface area contributed by atoms with Crippen molar-refractivity contribution in [1.29, 1.82) is 0 Å². The molecule has 0 aliphatic rings. The van der Waals surface area contributed by atoms with Gasteiger partial charge in [-0.3, -0.25) is 10.1 Å². The molecule has 0 aliphatic heterocycles. The van der Waals surface area contributed by atoms with Crippen molar-refractivity contribution in [2.24, 2.45) is 5.73 Å². The van der Waals surface area contributed by atoms with Crippen molar-refractivity contribution in [1.82, 2.24) is 4.98 Å². The first-order chi connectivity index (χ1) is 8.13. The van der Waals surface area contributed by atoms with E-state index in [4.69, 9.17) is 10.2 Å². The Labute approximate surface area is 97.2 Å². The molecular weight excluding hydrogens is 222 g/mol. The van der Waals surface area contributed by atoms with Gasteiger partial charge in [-0.15, -0.1) is 0 Å². The summed E-state index contributed by atoms with van der Waals surface area (Å²) in [4.78, 5) is 14.5. The van der Waals surface area contributed by atoms with E-state index in [0.717, 1.165) is 0 Å². The summed E-state index contributed by atoms with van der Waals surface area (Å²) in [6.07, 6.45) is 1.45. The normalized spacial score (nSPS) is 10.5. The Hall–Kier alpha value is -2.21. The highest BCUT2D eigenvalue weighted by Crippen LogP contribution is 2.28. The summed E-state index contributed by atoms with van der Waals surface area (Å²) < 4.78 is 5.24. The van der Waals surface area contributed by atoms with Crippen LogP contribution in [0.15, 0.2) is 28.9 Å². The van der Waals surface area contributed by atoms with E-state index in [1.165, 1.54) is 12.3 Å². The number of rotatable bonds is 3.